The maximum absolute atomic E-state index is 12.2. The molecule has 0 saturated heterocycles. The van der Waals surface area contributed by atoms with Crippen molar-refractivity contribution < 1.29 is 8.42 Å². The Hall–Kier alpha value is -1.92. The Morgan fingerprint density at radius 2 is 2.00 bits per heavy atom. The van der Waals surface area contributed by atoms with Gasteiger partial charge in [-0.25, -0.2) is 8.42 Å². The molecular formula is C13H10N2O2S2. The molecule has 0 amide bonds. The monoisotopic (exact) mass is 290 g/mol. The van der Waals surface area contributed by atoms with Gasteiger partial charge in [0.25, 0.3) is 10.0 Å². The standard InChI is InChI=1S/C13H10N2O2S2/c16-19(17,13-5-2-8-18-13)15-12-4-1-3-10-9-14-7-6-11(10)12/h1-9,15H. The highest BCUT2D eigenvalue weighted by Gasteiger charge is 2.16. The minimum Gasteiger partial charge on any atom is -0.278 e. The molecule has 0 fully saturated rings. The van der Waals surface area contributed by atoms with Crippen molar-refractivity contribution in [1.29, 1.82) is 0 Å². The molecule has 0 radical (unpaired) electrons. The molecule has 2 heterocycles. The van der Waals surface area contributed by atoms with Gasteiger partial charge in [-0.1, -0.05) is 18.2 Å². The van der Waals surface area contributed by atoms with Crippen LogP contribution in [0, 0.1) is 0 Å². The van der Waals surface area contributed by atoms with Crippen molar-refractivity contribution in [2.75, 3.05) is 4.72 Å². The lowest BCUT2D eigenvalue weighted by Crippen LogP contribution is -2.11. The van der Waals surface area contributed by atoms with Gasteiger partial charge in [-0.15, -0.1) is 11.3 Å². The summed E-state index contributed by atoms with van der Waals surface area (Å²) < 4.78 is 27.3. The molecule has 1 aromatic carbocycles. The Morgan fingerprint density at radius 1 is 1.11 bits per heavy atom. The number of nitrogens with one attached hydrogen (secondary N) is 1. The average Bonchev–Trinajstić information content (AvgIpc) is 2.93. The van der Waals surface area contributed by atoms with Gasteiger partial charge in [0.1, 0.15) is 4.21 Å². The summed E-state index contributed by atoms with van der Waals surface area (Å²) in [7, 11) is -3.51. The number of sulfonamides is 1. The van der Waals surface area contributed by atoms with Crippen LogP contribution in [0.5, 0.6) is 0 Å². The molecule has 0 unspecified atom stereocenters. The summed E-state index contributed by atoms with van der Waals surface area (Å²) in [5.74, 6) is 0. The van der Waals surface area contributed by atoms with Crippen molar-refractivity contribution >= 4 is 37.8 Å². The van der Waals surface area contributed by atoms with Gasteiger partial charge in [0.05, 0.1) is 5.69 Å². The highest BCUT2D eigenvalue weighted by atomic mass is 32.2. The van der Waals surface area contributed by atoms with Gasteiger partial charge >= 0.3 is 0 Å². The summed E-state index contributed by atoms with van der Waals surface area (Å²) >= 11 is 1.19. The molecule has 0 spiro atoms. The maximum atomic E-state index is 12.2. The van der Waals surface area contributed by atoms with Gasteiger partial charge in [0.2, 0.25) is 0 Å². The number of benzene rings is 1. The van der Waals surface area contributed by atoms with Gasteiger partial charge in [0, 0.05) is 23.2 Å². The second-order valence-electron chi connectivity index (χ2n) is 3.94. The lowest BCUT2D eigenvalue weighted by molar-refractivity contribution is 0.603. The number of fused-ring (bicyclic) bond motifs is 1. The van der Waals surface area contributed by atoms with Gasteiger partial charge in [-0.2, -0.15) is 0 Å². The highest BCUT2D eigenvalue weighted by Crippen LogP contribution is 2.26. The number of anilines is 1. The predicted molar refractivity (Wildman–Crippen MR) is 76.9 cm³/mol. The summed E-state index contributed by atoms with van der Waals surface area (Å²) in [5.41, 5.74) is 0.563. The van der Waals surface area contributed by atoms with E-state index in [4.69, 9.17) is 0 Å². The molecule has 0 aliphatic rings. The molecule has 3 aromatic rings. The van der Waals surface area contributed by atoms with Crippen molar-refractivity contribution in [3.8, 4) is 0 Å². The summed E-state index contributed by atoms with van der Waals surface area (Å²) in [5, 5.41) is 3.47. The first-order valence-corrected chi connectivity index (χ1v) is 7.92. The van der Waals surface area contributed by atoms with Crippen LogP contribution in [0.2, 0.25) is 0 Å². The fourth-order valence-electron chi connectivity index (χ4n) is 1.82. The Labute approximate surface area is 114 Å². The lowest BCUT2D eigenvalue weighted by atomic mass is 10.1. The van der Waals surface area contributed by atoms with E-state index in [-0.39, 0.29) is 0 Å². The van der Waals surface area contributed by atoms with Crippen LogP contribution >= 0.6 is 11.3 Å². The zero-order valence-electron chi connectivity index (χ0n) is 9.78. The van der Waals surface area contributed by atoms with E-state index in [1.165, 1.54) is 11.3 Å². The Morgan fingerprint density at radius 3 is 2.79 bits per heavy atom. The van der Waals surface area contributed by atoms with Crippen LogP contribution in [-0.4, -0.2) is 13.4 Å². The Bertz CT molecular complexity index is 806. The summed E-state index contributed by atoms with van der Waals surface area (Å²) in [4.78, 5) is 4.03. The van der Waals surface area contributed by atoms with Gasteiger partial charge in [-0.3, -0.25) is 9.71 Å². The summed E-state index contributed by atoms with van der Waals surface area (Å²) in [6.45, 7) is 0. The minimum atomic E-state index is -3.51. The third kappa shape index (κ3) is 2.32. The molecule has 2 aromatic heterocycles. The summed E-state index contributed by atoms with van der Waals surface area (Å²) in [6, 6.07) is 10.5. The SMILES string of the molecule is O=S(=O)(Nc1cccc2cnccc12)c1cccs1. The zero-order chi connectivity index (χ0) is 13.3. The molecule has 4 nitrogen and oxygen atoms in total. The van der Waals surface area contributed by atoms with Crippen LogP contribution in [-0.2, 0) is 10.0 Å². The van der Waals surface area contributed by atoms with Gasteiger partial charge in [-0.05, 0) is 23.6 Å². The maximum Gasteiger partial charge on any atom is 0.271 e. The second-order valence-corrected chi connectivity index (χ2v) is 6.80. The first-order chi connectivity index (χ1) is 9.17. The van der Waals surface area contributed by atoms with E-state index in [0.29, 0.717) is 9.90 Å². The molecule has 0 bridgehead atoms. The number of aromatic nitrogens is 1. The third-order valence-electron chi connectivity index (χ3n) is 2.68. The minimum absolute atomic E-state index is 0.304. The number of hydrogen-bond donors (Lipinski definition) is 1. The smallest absolute Gasteiger partial charge is 0.271 e. The van der Waals surface area contributed by atoms with Crippen LogP contribution in [0.3, 0.4) is 0 Å². The van der Waals surface area contributed by atoms with Crippen LogP contribution < -0.4 is 4.72 Å². The normalized spacial score (nSPS) is 11.6. The first kappa shape index (κ1) is 12.1. The van der Waals surface area contributed by atoms with E-state index in [9.17, 15) is 8.42 Å². The fraction of sp³-hybridized carbons (Fsp3) is 0. The molecular weight excluding hydrogens is 280 g/mol. The van der Waals surface area contributed by atoms with Crippen molar-refractivity contribution in [3.05, 3.63) is 54.2 Å². The third-order valence-corrected chi connectivity index (χ3v) is 5.45. The van der Waals surface area contributed by atoms with E-state index >= 15 is 0 Å². The van der Waals surface area contributed by atoms with Crippen molar-refractivity contribution in [2.24, 2.45) is 0 Å². The number of pyridine rings is 1. The molecule has 0 aliphatic carbocycles. The Kier molecular flexibility index (Phi) is 2.96. The van der Waals surface area contributed by atoms with Crippen LogP contribution in [0.1, 0.15) is 0 Å². The van der Waals surface area contributed by atoms with Crippen LogP contribution in [0.4, 0.5) is 5.69 Å². The van der Waals surface area contributed by atoms with E-state index in [1.54, 1.807) is 48.1 Å². The highest BCUT2D eigenvalue weighted by molar-refractivity contribution is 7.94. The van der Waals surface area contributed by atoms with Gasteiger partial charge in [0.15, 0.2) is 0 Å². The van der Waals surface area contributed by atoms with Crippen molar-refractivity contribution in [1.82, 2.24) is 4.98 Å². The van der Waals surface area contributed by atoms with E-state index in [1.807, 2.05) is 6.07 Å². The molecule has 0 saturated carbocycles. The van der Waals surface area contributed by atoms with Crippen LogP contribution in [0.25, 0.3) is 10.8 Å². The number of thiophene rings is 1. The zero-order valence-corrected chi connectivity index (χ0v) is 11.4. The van der Waals surface area contributed by atoms with E-state index in [0.717, 1.165) is 10.8 Å². The number of hydrogen-bond acceptors (Lipinski definition) is 4. The number of nitrogens with zero attached hydrogens (tertiary/aromatic N) is 1. The molecule has 0 atom stereocenters. The second kappa shape index (κ2) is 4.64. The summed E-state index contributed by atoms with van der Waals surface area (Å²) in [6.07, 6.45) is 3.35. The predicted octanol–water partition coefficient (Wildman–Crippen LogP) is 3.10. The average molecular weight is 290 g/mol. The molecule has 0 aliphatic heterocycles. The molecule has 96 valence electrons. The fourth-order valence-corrected chi connectivity index (χ4v) is 3.90. The van der Waals surface area contributed by atoms with Crippen molar-refractivity contribution in [3.63, 3.8) is 0 Å². The molecule has 19 heavy (non-hydrogen) atoms. The lowest BCUT2D eigenvalue weighted by Gasteiger charge is -2.09. The largest absolute Gasteiger partial charge is 0.278 e. The van der Waals surface area contributed by atoms with E-state index < -0.39 is 10.0 Å². The molecule has 6 heteroatoms. The Balaban J connectivity index is 2.07. The molecule has 3 rings (SSSR count). The van der Waals surface area contributed by atoms with Gasteiger partial charge < -0.3 is 0 Å². The number of rotatable bonds is 3. The topological polar surface area (TPSA) is 59.1 Å². The molecule has 1 N–H and O–H groups in total. The first-order valence-electron chi connectivity index (χ1n) is 5.56. The quantitative estimate of drug-likeness (QED) is 0.806. The van der Waals surface area contributed by atoms with E-state index in [2.05, 4.69) is 9.71 Å². The van der Waals surface area contributed by atoms with Crippen molar-refractivity contribution in [2.45, 2.75) is 4.21 Å². The van der Waals surface area contributed by atoms with Crippen LogP contribution in [0.15, 0.2) is 58.4 Å².